The Morgan fingerprint density at radius 1 is 0.775 bits per heavy atom. The first-order valence-corrected chi connectivity index (χ1v) is 16.5. The molecule has 0 aromatic heterocycles. The number of carbonyl (C=O) groups excluding carboxylic acids is 1. The highest BCUT2D eigenvalue weighted by molar-refractivity contribution is 5.91. The molecule has 2 aromatic carbocycles. The average Bonchev–Trinajstić information content (AvgIpc) is 2.99. The van der Waals surface area contributed by atoms with Crippen molar-refractivity contribution in [2.75, 3.05) is 0 Å². The highest BCUT2D eigenvalue weighted by atomic mass is 16.5. The standard InChI is InChI=1S/C37H53NO2/c1-3-5-7-9-11-13-14-16-30-18-21-32(22-19-30)33-23-25-34(26-24-33)37(39)40-36-27-20-31(28-35(36)29-38)17-15-12-10-8-6-4-2/h20,23-28,30,32H,3-19,21-22H2,1-2H3. The number of esters is 1. The van der Waals surface area contributed by atoms with Crippen molar-refractivity contribution in [1.29, 1.82) is 5.26 Å². The first-order chi connectivity index (χ1) is 19.6. The summed E-state index contributed by atoms with van der Waals surface area (Å²) >= 11 is 0. The van der Waals surface area contributed by atoms with E-state index in [1.165, 1.54) is 115 Å². The molecule has 3 nitrogen and oxygen atoms in total. The van der Waals surface area contributed by atoms with Gasteiger partial charge in [0.1, 0.15) is 11.8 Å². The smallest absolute Gasteiger partial charge is 0.343 e. The van der Waals surface area contributed by atoms with Gasteiger partial charge in [0.15, 0.2) is 0 Å². The number of ether oxygens (including phenoxy) is 1. The van der Waals surface area contributed by atoms with E-state index in [4.69, 9.17) is 4.74 Å². The van der Waals surface area contributed by atoms with Gasteiger partial charge in [0, 0.05) is 0 Å². The molecule has 218 valence electrons. The Kier molecular flexibility index (Phi) is 14.9. The third kappa shape index (κ3) is 11.1. The van der Waals surface area contributed by atoms with Crippen LogP contribution in [-0.2, 0) is 6.42 Å². The molecule has 0 amide bonds. The summed E-state index contributed by atoms with van der Waals surface area (Å²) in [5.74, 6) is 1.44. The summed E-state index contributed by atoms with van der Waals surface area (Å²) in [6.07, 6.45) is 24.7. The van der Waals surface area contributed by atoms with Gasteiger partial charge in [-0.3, -0.25) is 0 Å². The van der Waals surface area contributed by atoms with Crippen LogP contribution in [0.15, 0.2) is 42.5 Å². The van der Waals surface area contributed by atoms with Crippen LogP contribution in [0.1, 0.15) is 162 Å². The molecular weight excluding hydrogens is 490 g/mol. The van der Waals surface area contributed by atoms with Crippen LogP contribution < -0.4 is 4.74 Å². The summed E-state index contributed by atoms with van der Waals surface area (Å²) < 4.78 is 5.66. The topological polar surface area (TPSA) is 50.1 Å². The minimum absolute atomic E-state index is 0.350. The SMILES string of the molecule is CCCCCCCCCC1CCC(c2ccc(C(=O)Oc3ccc(CCCCCCCC)cc3C#N)cc2)CC1. The molecule has 0 atom stereocenters. The van der Waals surface area contributed by atoms with Crippen LogP contribution in [0.25, 0.3) is 0 Å². The van der Waals surface area contributed by atoms with E-state index in [1.807, 2.05) is 24.3 Å². The number of unbranched alkanes of at least 4 members (excludes halogenated alkanes) is 11. The van der Waals surface area contributed by atoms with Gasteiger partial charge in [-0.1, -0.05) is 116 Å². The van der Waals surface area contributed by atoms with E-state index < -0.39 is 5.97 Å². The third-order valence-electron chi connectivity index (χ3n) is 8.87. The van der Waals surface area contributed by atoms with Crippen LogP contribution in [0.5, 0.6) is 5.75 Å². The van der Waals surface area contributed by atoms with Crippen molar-refractivity contribution in [3.05, 3.63) is 64.7 Å². The zero-order chi connectivity index (χ0) is 28.4. The molecule has 0 unspecified atom stereocenters. The van der Waals surface area contributed by atoms with Gasteiger partial charge in [0.05, 0.1) is 11.1 Å². The van der Waals surface area contributed by atoms with E-state index in [0.717, 1.165) is 24.3 Å². The van der Waals surface area contributed by atoms with Crippen LogP contribution in [0.3, 0.4) is 0 Å². The third-order valence-corrected chi connectivity index (χ3v) is 8.87. The second kappa shape index (κ2) is 18.7. The van der Waals surface area contributed by atoms with Crippen LogP contribution in [0.4, 0.5) is 0 Å². The van der Waals surface area contributed by atoms with Gasteiger partial charge in [0.25, 0.3) is 0 Å². The molecule has 0 heterocycles. The summed E-state index contributed by atoms with van der Waals surface area (Å²) in [7, 11) is 0. The second-order valence-electron chi connectivity index (χ2n) is 12.1. The lowest BCUT2D eigenvalue weighted by Crippen LogP contribution is -2.14. The lowest BCUT2D eigenvalue weighted by Gasteiger charge is -2.29. The lowest BCUT2D eigenvalue weighted by atomic mass is 9.77. The van der Waals surface area contributed by atoms with Crippen molar-refractivity contribution in [3.8, 4) is 11.8 Å². The van der Waals surface area contributed by atoms with Gasteiger partial charge in [0.2, 0.25) is 0 Å². The molecule has 0 bridgehead atoms. The Bertz CT molecular complexity index is 1030. The monoisotopic (exact) mass is 543 g/mol. The lowest BCUT2D eigenvalue weighted by molar-refractivity contribution is 0.0734. The number of hydrogen-bond acceptors (Lipinski definition) is 3. The molecule has 3 heteroatoms. The molecule has 1 aliphatic carbocycles. The largest absolute Gasteiger partial charge is 0.422 e. The summed E-state index contributed by atoms with van der Waals surface area (Å²) in [4.78, 5) is 12.9. The highest BCUT2D eigenvalue weighted by Gasteiger charge is 2.22. The predicted molar refractivity (Wildman–Crippen MR) is 167 cm³/mol. The fourth-order valence-electron chi connectivity index (χ4n) is 6.24. The molecule has 0 radical (unpaired) electrons. The first-order valence-electron chi connectivity index (χ1n) is 16.5. The van der Waals surface area contributed by atoms with Crippen molar-refractivity contribution < 1.29 is 9.53 Å². The number of rotatable bonds is 18. The number of nitriles is 1. The molecule has 2 aromatic rings. The molecule has 0 saturated heterocycles. The average molecular weight is 544 g/mol. The van der Waals surface area contributed by atoms with E-state index in [-0.39, 0.29) is 0 Å². The van der Waals surface area contributed by atoms with Crippen molar-refractivity contribution in [2.24, 2.45) is 5.92 Å². The maximum atomic E-state index is 12.9. The van der Waals surface area contributed by atoms with Gasteiger partial charge >= 0.3 is 5.97 Å². The zero-order valence-corrected chi connectivity index (χ0v) is 25.4. The van der Waals surface area contributed by atoms with E-state index in [9.17, 15) is 10.1 Å². The van der Waals surface area contributed by atoms with Gasteiger partial charge in [-0.15, -0.1) is 0 Å². The van der Waals surface area contributed by atoms with Crippen LogP contribution >= 0.6 is 0 Å². The summed E-state index contributed by atoms with van der Waals surface area (Å²) in [6, 6.07) is 15.8. The van der Waals surface area contributed by atoms with E-state index in [0.29, 0.717) is 22.8 Å². The fraction of sp³-hybridized carbons (Fsp3) is 0.622. The maximum absolute atomic E-state index is 12.9. The Morgan fingerprint density at radius 3 is 2.00 bits per heavy atom. The number of carbonyl (C=O) groups is 1. The van der Waals surface area contributed by atoms with E-state index in [1.54, 1.807) is 6.07 Å². The Labute approximate surface area is 244 Å². The van der Waals surface area contributed by atoms with Crippen LogP contribution in [-0.4, -0.2) is 5.97 Å². The van der Waals surface area contributed by atoms with Crippen molar-refractivity contribution in [2.45, 2.75) is 142 Å². The van der Waals surface area contributed by atoms with E-state index in [2.05, 4.69) is 32.0 Å². The predicted octanol–water partition coefficient (Wildman–Crippen LogP) is 11.1. The molecule has 0 N–H and O–H groups in total. The molecule has 3 rings (SSSR count). The summed E-state index contributed by atoms with van der Waals surface area (Å²) in [5, 5.41) is 9.65. The fourth-order valence-corrected chi connectivity index (χ4v) is 6.24. The molecule has 1 fully saturated rings. The van der Waals surface area contributed by atoms with Gasteiger partial charge in [-0.25, -0.2) is 4.79 Å². The Balaban J connectivity index is 1.41. The quantitative estimate of drug-likeness (QED) is 0.107. The maximum Gasteiger partial charge on any atom is 0.343 e. The summed E-state index contributed by atoms with van der Waals surface area (Å²) in [6.45, 7) is 4.51. The molecule has 1 aliphatic rings. The van der Waals surface area contributed by atoms with Crippen LogP contribution in [0, 0.1) is 17.2 Å². The molecule has 0 aliphatic heterocycles. The normalized spacial score (nSPS) is 16.9. The van der Waals surface area contributed by atoms with Crippen molar-refractivity contribution in [1.82, 2.24) is 0 Å². The molecule has 1 saturated carbocycles. The number of hydrogen-bond donors (Lipinski definition) is 0. The zero-order valence-electron chi connectivity index (χ0n) is 25.4. The molecule has 0 spiro atoms. The van der Waals surface area contributed by atoms with E-state index >= 15 is 0 Å². The molecule has 40 heavy (non-hydrogen) atoms. The minimum atomic E-state index is -0.398. The second-order valence-corrected chi connectivity index (χ2v) is 12.1. The first kappa shape index (κ1) is 31.9. The van der Waals surface area contributed by atoms with Crippen molar-refractivity contribution >= 4 is 5.97 Å². The Hall–Kier alpha value is -2.60. The van der Waals surface area contributed by atoms with Crippen molar-refractivity contribution in [3.63, 3.8) is 0 Å². The summed E-state index contributed by atoms with van der Waals surface area (Å²) in [5.41, 5.74) is 3.44. The Morgan fingerprint density at radius 2 is 1.38 bits per heavy atom. The van der Waals surface area contributed by atoms with Gasteiger partial charge < -0.3 is 4.74 Å². The van der Waals surface area contributed by atoms with Gasteiger partial charge in [-0.2, -0.15) is 5.26 Å². The number of aryl methyl sites for hydroxylation is 1. The molecular formula is C37H53NO2. The van der Waals surface area contributed by atoms with Crippen LogP contribution in [0.2, 0.25) is 0 Å². The van der Waals surface area contributed by atoms with Gasteiger partial charge in [-0.05, 0) is 85.8 Å². The number of nitrogens with zero attached hydrogens (tertiary/aromatic N) is 1. The number of benzene rings is 2. The minimum Gasteiger partial charge on any atom is -0.422 e. The highest BCUT2D eigenvalue weighted by Crippen LogP contribution is 2.38.